The summed E-state index contributed by atoms with van der Waals surface area (Å²) in [6.07, 6.45) is 3.01. The molecule has 1 atom stereocenters. The second-order valence-electron chi connectivity index (χ2n) is 10.2. The van der Waals surface area contributed by atoms with E-state index in [2.05, 4.69) is 10.2 Å². The van der Waals surface area contributed by atoms with E-state index in [1.165, 1.54) is 34.1 Å². The number of anilines is 1. The molecule has 11 heteroatoms. The predicted molar refractivity (Wildman–Crippen MR) is 184 cm³/mol. The Labute approximate surface area is 283 Å². The van der Waals surface area contributed by atoms with E-state index in [-0.39, 0.29) is 10.7 Å². The lowest BCUT2D eigenvalue weighted by molar-refractivity contribution is -0.117. The number of aliphatic hydroxyl groups excluding tert-OH is 1. The lowest BCUT2D eigenvalue weighted by atomic mass is 9.95. The second-order valence-corrected chi connectivity index (χ2v) is 13.2. The van der Waals surface area contributed by atoms with Gasteiger partial charge in [-0.2, -0.15) is 0 Å². The molecule has 1 N–H and O–H groups in total. The van der Waals surface area contributed by atoms with Crippen molar-refractivity contribution in [3.05, 3.63) is 153 Å². The normalized spacial score (nSPS) is 14.8. The van der Waals surface area contributed by atoms with Crippen LogP contribution in [0.3, 0.4) is 0 Å². The SMILES string of the molecule is O=C(C=Cc1ccccc1)C1=C(O)C(=O)N(c2nnc(SCc3ccc(Cl)cc3Cl)s2)C1c1ccc(OCc2ccccc2)cc1. The number of nitrogens with zero attached hydrogens (tertiary/aromatic N) is 3. The second kappa shape index (κ2) is 14.3. The maximum Gasteiger partial charge on any atom is 0.296 e. The van der Waals surface area contributed by atoms with E-state index in [1.54, 1.807) is 42.5 Å². The first-order valence-corrected chi connectivity index (χ1v) is 16.6. The molecule has 0 saturated heterocycles. The van der Waals surface area contributed by atoms with E-state index >= 15 is 0 Å². The molecule has 1 aliphatic rings. The molecule has 1 unspecified atom stereocenters. The van der Waals surface area contributed by atoms with Crippen LogP contribution in [0, 0.1) is 0 Å². The van der Waals surface area contributed by atoms with Crippen LogP contribution in [-0.2, 0) is 21.9 Å². The number of allylic oxidation sites excluding steroid dienone is 1. The van der Waals surface area contributed by atoms with Crippen molar-refractivity contribution in [2.75, 3.05) is 4.90 Å². The Morgan fingerprint density at radius 2 is 1.67 bits per heavy atom. The van der Waals surface area contributed by atoms with E-state index in [0.29, 0.717) is 38.1 Å². The summed E-state index contributed by atoms with van der Waals surface area (Å²) in [5.41, 5.74) is 3.24. The smallest absolute Gasteiger partial charge is 0.296 e. The number of amides is 1. The van der Waals surface area contributed by atoms with Crippen LogP contribution in [0.1, 0.15) is 28.3 Å². The fourth-order valence-corrected chi connectivity index (χ4v) is 7.25. The number of aliphatic hydroxyl groups is 1. The predicted octanol–water partition coefficient (Wildman–Crippen LogP) is 8.90. The number of rotatable bonds is 11. The number of thioether (sulfide) groups is 1. The Morgan fingerprint density at radius 3 is 2.39 bits per heavy atom. The number of aromatic nitrogens is 2. The number of ketones is 1. The van der Waals surface area contributed by atoms with Crippen molar-refractivity contribution in [1.29, 1.82) is 0 Å². The van der Waals surface area contributed by atoms with Crippen LogP contribution in [0.5, 0.6) is 5.75 Å². The lowest BCUT2D eigenvalue weighted by Crippen LogP contribution is -2.30. The number of benzene rings is 4. The topological polar surface area (TPSA) is 92.6 Å². The van der Waals surface area contributed by atoms with Gasteiger partial charge in [0.25, 0.3) is 5.91 Å². The van der Waals surface area contributed by atoms with Gasteiger partial charge >= 0.3 is 0 Å². The van der Waals surface area contributed by atoms with Gasteiger partial charge in [0.05, 0.1) is 11.6 Å². The van der Waals surface area contributed by atoms with Crippen molar-refractivity contribution >= 4 is 69.2 Å². The van der Waals surface area contributed by atoms with Crippen molar-refractivity contribution in [3.63, 3.8) is 0 Å². The molecule has 0 spiro atoms. The minimum atomic E-state index is -0.944. The zero-order chi connectivity index (χ0) is 32.0. The number of hydrogen-bond acceptors (Lipinski definition) is 8. The summed E-state index contributed by atoms with van der Waals surface area (Å²) in [7, 11) is 0. The third-order valence-corrected chi connectivity index (χ3v) is 9.80. The molecule has 46 heavy (non-hydrogen) atoms. The molecule has 5 aromatic rings. The monoisotopic (exact) mass is 685 g/mol. The van der Waals surface area contributed by atoms with Crippen molar-refractivity contribution < 1.29 is 19.4 Å². The number of halogens is 2. The largest absolute Gasteiger partial charge is 0.503 e. The number of hydrogen-bond donors (Lipinski definition) is 1. The Morgan fingerprint density at radius 1 is 0.957 bits per heavy atom. The highest BCUT2D eigenvalue weighted by Gasteiger charge is 2.45. The summed E-state index contributed by atoms with van der Waals surface area (Å²) in [5.74, 6) is -0.745. The fraction of sp³-hybridized carbons (Fsp3) is 0.0857. The van der Waals surface area contributed by atoms with E-state index < -0.39 is 23.5 Å². The average Bonchev–Trinajstić information content (AvgIpc) is 3.65. The van der Waals surface area contributed by atoms with Gasteiger partial charge < -0.3 is 9.84 Å². The summed E-state index contributed by atoms with van der Waals surface area (Å²) in [6, 6.07) is 30.5. The summed E-state index contributed by atoms with van der Waals surface area (Å²) >= 11 is 14.9. The first-order chi connectivity index (χ1) is 22.4. The molecular weight excluding hydrogens is 661 g/mol. The third kappa shape index (κ3) is 7.18. The van der Waals surface area contributed by atoms with Gasteiger partial charge in [0.15, 0.2) is 15.9 Å². The summed E-state index contributed by atoms with van der Waals surface area (Å²) in [5, 5.41) is 21.0. The number of carbonyl (C=O) groups is 2. The van der Waals surface area contributed by atoms with E-state index in [1.807, 2.05) is 66.7 Å². The van der Waals surface area contributed by atoms with E-state index in [0.717, 1.165) is 16.7 Å². The molecule has 0 bridgehead atoms. The molecule has 0 radical (unpaired) electrons. The van der Waals surface area contributed by atoms with Crippen LogP contribution < -0.4 is 9.64 Å². The molecule has 4 aromatic carbocycles. The highest BCUT2D eigenvalue weighted by atomic mass is 35.5. The highest BCUT2D eigenvalue weighted by Crippen LogP contribution is 2.44. The first kappa shape index (κ1) is 31.6. The van der Waals surface area contributed by atoms with Gasteiger partial charge in [-0.3, -0.25) is 14.5 Å². The highest BCUT2D eigenvalue weighted by molar-refractivity contribution is 8.00. The standard InChI is InChI=1S/C35H25Cl2N3O4S2/c36-26-15-12-25(28(37)19-26)21-45-35-39-38-34(46-35)40-31(24-13-16-27(17-14-24)44-20-23-9-5-2-6-10-23)30(32(42)33(40)43)29(41)18-11-22-7-3-1-4-8-22/h1-19,31,42H,20-21H2. The van der Waals surface area contributed by atoms with Crippen molar-refractivity contribution in [1.82, 2.24) is 10.2 Å². The number of ether oxygens (including phenoxy) is 1. The molecule has 0 saturated carbocycles. The van der Waals surface area contributed by atoms with Gasteiger partial charge in [-0.15, -0.1) is 10.2 Å². The van der Waals surface area contributed by atoms with E-state index in [9.17, 15) is 14.7 Å². The lowest BCUT2D eigenvalue weighted by Gasteiger charge is -2.24. The van der Waals surface area contributed by atoms with Gasteiger partial charge in [0.2, 0.25) is 5.13 Å². The van der Waals surface area contributed by atoms with Crippen LogP contribution in [0.4, 0.5) is 5.13 Å². The molecule has 7 nitrogen and oxygen atoms in total. The molecule has 230 valence electrons. The van der Waals surface area contributed by atoms with E-state index in [4.69, 9.17) is 27.9 Å². The maximum atomic E-state index is 13.6. The Hall–Kier alpha value is -4.41. The number of carbonyl (C=O) groups excluding carboxylic acids is 2. The maximum absolute atomic E-state index is 13.6. The Bertz CT molecular complexity index is 1930. The van der Waals surface area contributed by atoms with Gasteiger partial charge in [-0.1, -0.05) is 131 Å². The van der Waals surface area contributed by atoms with Gasteiger partial charge in [0.1, 0.15) is 12.4 Å². The quantitative estimate of drug-likeness (QED) is 0.0843. The third-order valence-electron chi connectivity index (χ3n) is 7.11. The fourth-order valence-electron chi connectivity index (χ4n) is 4.82. The Kier molecular flexibility index (Phi) is 9.85. The summed E-state index contributed by atoms with van der Waals surface area (Å²) < 4.78 is 6.53. The van der Waals surface area contributed by atoms with Crippen LogP contribution in [0.2, 0.25) is 10.0 Å². The molecule has 1 amide bonds. The van der Waals surface area contributed by atoms with Crippen LogP contribution >= 0.6 is 46.3 Å². The van der Waals surface area contributed by atoms with Gasteiger partial charge in [0, 0.05) is 15.8 Å². The zero-order valence-corrected chi connectivity index (χ0v) is 27.2. The van der Waals surface area contributed by atoms with Gasteiger partial charge in [-0.05, 0) is 52.6 Å². The summed E-state index contributed by atoms with van der Waals surface area (Å²) in [4.78, 5) is 28.5. The molecule has 0 fully saturated rings. The molecule has 6 rings (SSSR count). The molecule has 1 aliphatic heterocycles. The molecule has 1 aromatic heterocycles. The van der Waals surface area contributed by atoms with Crippen molar-refractivity contribution in [2.45, 2.75) is 22.7 Å². The molecule has 2 heterocycles. The molecule has 0 aliphatic carbocycles. The zero-order valence-electron chi connectivity index (χ0n) is 24.0. The van der Waals surface area contributed by atoms with Crippen molar-refractivity contribution in [2.24, 2.45) is 0 Å². The molecular formula is C35H25Cl2N3O4S2. The average molecular weight is 687 g/mol. The van der Waals surface area contributed by atoms with Crippen LogP contribution in [0.15, 0.2) is 125 Å². The van der Waals surface area contributed by atoms with Crippen LogP contribution in [-0.4, -0.2) is 27.0 Å². The summed E-state index contributed by atoms with van der Waals surface area (Å²) in [6.45, 7) is 0.384. The minimum Gasteiger partial charge on any atom is -0.503 e. The van der Waals surface area contributed by atoms with Gasteiger partial charge in [-0.25, -0.2) is 0 Å². The van der Waals surface area contributed by atoms with Crippen molar-refractivity contribution in [3.8, 4) is 5.75 Å². The first-order valence-electron chi connectivity index (χ1n) is 14.1. The Balaban J connectivity index is 1.28. The minimum absolute atomic E-state index is 0.0486. The van der Waals surface area contributed by atoms with Crippen LogP contribution in [0.25, 0.3) is 6.08 Å².